The number of rotatable bonds is 5. The van der Waals surface area contributed by atoms with Crippen LogP contribution >= 0.6 is 0 Å². The third-order valence-corrected chi connectivity index (χ3v) is 2.77. The van der Waals surface area contributed by atoms with Crippen molar-refractivity contribution in [1.82, 2.24) is 10.2 Å². The lowest BCUT2D eigenvalue weighted by molar-refractivity contribution is 0.0694. The van der Waals surface area contributed by atoms with Crippen LogP contribution in [0.1, 0.15) is 24.2 Å². The van der Waals surface area contributed by atoms with Crippen molar-refractivity contribution in [1.29, 1.82) is 0 Å². The lowest BCUT2D eigenvalue weighted by Gasteiger charge is -2.12. The van der Waals surface area contributed by atoms with Crippen LogP contribution in [0.2, 0.25) is 0 Å². The van der Waals surface area contributed by atoms with Gasteiger partial charge in [0.15, 0.2) is 0 Å². The van der Waals surface area contributed by atoms with Crippen molar-refractivity contribution in [3.8, 4) is 17.0 Å². The molecule has 110 valence electrons. The van der Waals surface area contributed by atoms with E-state index in [2.05, 4.69) is 10.2 Å². The summed E-state index contributed by atoms with van der Waals surface area (Å²) in [6, 6.07) is 8.42. The van der Waals surface area contributed by atoms with Crippen LogP contribution in [0.4, 0.5) is 0 Å². The Labute approximate surface area is 121 Å². The molecule has 0 spiro atoms. The Morgan fingerprint density at radius 1 is 1.38 bits per heavy atom. The molecule has 0 atom stereocenters. The quantitative estimate of drug-likeness (QED) is 0.879. The number of H-pyrrole nitrogens is 1. The zero-order valence-electron chi connectivity index (χ0n) is 11.8. The SMILES string of the molecule is CC(C)COc1ccccc1-c1cc(C(=O)O)c(=O)[nH]n1. The summed E-state index contributed by atoms with van der Waals surface area (Å²) in [5, 5.41) is 15.1. The van der Waals surface area contributed by atoms with E-state index in [1.165, 1.54) is 6.07 Å². The molecule has 0 unspecified atom stereocenters. The van der Waals surface area contributed by atoms with Gasteiger partial charge in [0, 0.05) is 5.56 Å². The Morgan fingerprint density at radius 3 is 2.76 bits per heavy atom. The highest BCUT2D eigenvalue weighted by atomic mass is 16.5. The summed E-state index contributed by atoms with van der Waals surface area (Å²) in [4.78, 5) is 22.4. The molecule has 1 aromatic heterocycles. The van der Waals surface area contributed by atoms with Crippen molar-refractivity contribution in [2.45, 2.75) is 13.8 Å². The normalized spacial score (nSPS) is 10.6. The van der Waals surface area contributed by atoms with Gasteiger partial charge in [0.25, 0.3) is 5.56 Å². The van der Waals surface area contributed by atoms with Crippen LogP contribution in [0, 0.1) is 5.92 Å². The summed E-state index contributed by atoms with van der Waals surface area (Å²) in [7, 11) is 0. The van der Waals surface area contributed by atoms with Gasteiger partial charge < -0.3 is 9.84 Å². The summed E-state index contributed by atoms with van der Waals surface area (Å²) in [6.45, 7) is 4.60. The van der Waals surface area contributed by atoms with Crippen LogP contribution in [-0.2, 0) is 0 Å². The third kappa shape index (κ3) is 3.47. The Morgan fingerprint density at radius 2 is 2.10 bits per heavy atom. The summed E-state index contributed by atoms with van der Waals surface area (Å²) in [5.74, 6) is -0.334. The molecule has 0 fully saturated rings. The second kappa shape index (κ2) is 6.21. The number of benzene rings is 1. The van der Waals surface area contributed by atoms with Gasteiger partial charge in [-0.15, -0.1) is 0 Å². The molecular weight excluding hydrogens is 272 g/mol. The van der Waals surface area contributed by atoms with E-state index in [1.54, 1.807) is 18.2 Å². The maximum atomic E-state index is 11.4. The number of hydrogen-bond acceptors (Lipinski definition) is 4. The minimum absolute atomic E-state index is 0.348. The number of ether oxygens (including phenoxy) is 1. The number of carbonyl (C=O) groups is 1. The zero-order chi connectivity index (χ0) is 15.4. The molecule has 0 aliphatic carbocycles. The fourth-order valence-electron chi connectivity index (χ4n) is 1.76. The number of nitrogens with zero attached hydrogens (tertiary/aromatic N) is 1. The molecule has 2 rings (SSSR count). The Balaban J connectivity index is 2.44. The van der Waals surface area contributed by atoms with E-state index in [1.807, 2.05) is 19.9 Å². The first-order chi connectivity index (χ1) is 9.99. The van der Waals surface area contributed by atoms with Crippen LogP contribution < -0.4 is 10.3 Å². The largest absolute Gasteiger partial charge is 0.493 e. The minimum Gasteiger partial charge on any atom is -0.493 e. The van der Waals surface area contributed by atoms with Crippen LogP contribution in [0.15, 0.2) is 35.1 Å². The molecule has 0 aliphatic rings. The molecule has 1 aromatic carbocycles. The van der Waals surface area contributed by atoms with Crippen molar-refractivity contribution in [2.24, 2.45) is 5.92 Å². The summed E-state index contributed by atoms with van der Waals surface area (Å²) in [5.41, 5.74) is -0.0891. The first-order valence-electron chi connectivity index (χ1n) is 6.54. The Kier molecular flexibility index (Phi) is 4.37. The average molecular weight is 288 g/mol. The number of aromatic carboxylic acids is 1. The number of para-hydroxylation sites is 1. The van der Waals surface area contributed by atoms with Gasteiger partial charge in [-0.05, 0) is 24.1 Å². The van der Waals surface area contributed by atoms with Gasteiger partial charge >= 0.3 is 5.97 Å². The lowest BCUT2D eigenvalue weighted by atomic mass is 10.1. The van der Waals surface area contributed by atoms with E-state index in [4.69, 9.17) is 9.84 Å². The number of carboxylic acids is 1. The highest BCUT2D eigenvalue weighted by Gasteiger charge is 2.14. The molecule has 6 nitrogen and oxygen atoms in total. The van der Waals surface area contributed by atoms with Gasteiger partial charge in [-0.2, -0.15) is 5.10 Å². The van der Waals surface area contributed by atoms with Crippen LogP contribution in [0.3, 0.4) is 0 Å². The Hall–Kier alpha value is -2.63. The standard InChI is InChI=1S/C15H16N2O4/c1-9(2)8-21-13-6-4-3-5-10(13)12-7-11(15(19)20)14(18)17-16-12/h3-7,9H,8H2,1-2H3,(H,17,18)(H,19,20). The van der Waals surface area contributed by atoms with Gasteiger partial charge in [0.1, 0.15) is 11.3 Å². The van der Waals surface area contributed by atoms with Crippen LogP contribution in [0.5, 0.6) is 5.75 Å². The fraction of sp³-hybridized carbons (Fsp3) is 0.267. The van der Waals surface area contributed by atoms with Crippen molar-refractivity contribution < 1.29 is 14.6 Å². The topological polar surface area (TPSA) is 92.3 Å². The predicted molar refractivity (Wildman–Crippen MR) is 77.6 cm³/mol. The van der Waals surface area contributed by atoms with Crippen LogP contribution in [-0.4, -0.2) is 27.9 Å². The van der Waals surface area contributed by atoms with Gasteiger partial charge in [-0.25, -0.2) is 9.89 Å². The number of hydrogen-bond donors (Lipinski definition) is 2. The second-order valence-electron chi connectivity index (χ2n) is 5.00. The monoisotopic (exact) mass is 288 g/mol. The highest BCUT2D eigenvalue weighted by Crippen LogP contribution is 2.28. The van der Waals surface area contributed by atoms with Gasteiger partial charge in [-0.3, -0.25) is 4.79 Å². The maximum absolute atomic E-state index is 11.4. The number of aromatic nitrogens is 2. The maximum Gasteiger partial charge on any atom is 0.341 e. The molecule has 2 aromatic rings. The highest BCUT2D eigenvalue weighted by molar-refractivity contribution is 5.88. The molecule has 6 heteroatoms. The molecule has 0 aliphatic heterocycles. The predicted octanol–water partition coefficient (Wildman–Crippen LogP) is 2.17. The van der Waals surface area contributed by atoms with Gasteiger partial charge in [-0.1, -0.05) is 26.0 Å². The lowest BCUT2D eigenvalue weighted by Crippen LogP contribution is -2.18. The molecule has 0 saturated heterocycles. The molecule has 21 heavy (non-hydrogen) atoms. The summed E-state index contributed by atoms with van der Waals surface area (Å²) >= 11 is 0. The number of aromatic amines is 1. The fourth-order valence-corrected chi connectivity index (χ4v) is 1.76. The van der Waals surface area contributed by atoms with E-state index in [-0.39, 0.29) is 5.56 Å². The molecule has 0 bridgehead atoms. The molecule has 0 amide bonds. The summed E-state index contributed by atoms with van der Waals surface area (Å²) < 4.78 is 5.70. The summed E-state index contributed by atoms with van der Waals surface area (Å²) in [6.07, 6.45) is 0. The number of carboxylic acid groups (broad SMARTS) is 1. The minimum atomic E-state index is -1.29. The van der Waals surface area contributed by atoms with E-state index in [0.29, 0.717) is 29.5 Å². The zero-order valence-corrected chi connectivity index (χ0v) is 11.8. The molecule has 0 saturated carbocycles. The average Bonchev–Trinajstić information content (AvgIpc) is 2.45. The van der Waals surface area contributed by atoms with E-state index >= 15 is 0 Å². The molecular formula is C15H16N2O4. The first-order valence-corrected chi connectivity index (χ1v) is 6.54. The van der Waals surface area contributed by atoms with E-state index in [0.717, 1.165) is 0 Å². The molecule has 2 N–H and O–H groups in total. The molecule has 1 heterocycles. The van der Waals surface area contributed by atoms with E-state index in [9.17, 15) is 9.59 Å². The second-order valence-corrected chi connectivity index (χ2v) is 5.00. The van der Waals surface area contributed by atoms with Crippen molar-refractivity contribution in [2.75, 3.05) is 6.61 Å². The Bertz CT molecular complexity index is 707. The smallest absolute Gasteiger partial charge is 0.341 e. The number of nitrogens with one attached hydrogen (secondary N) is 1. The first kappa shape index (κ1) is 14.8. The van der Waals surface area contributed by atoms with Gasteiger partial charge in [0.2, 0.25) is 0 Å². The van der Waals surface area contributed by atoms with Gasteiger partial charge in [0.05, 0.1) is 12.3 Å². The van der Waals surface area contributed by atoms with Crippen LogP contribution in [0.25, 0.3) is 11.3 Å². The molecule has 0 radical (unpaired) electrons. The van der Waals surface area contributed by atoms with Crippen molar-refractivity contribution >= 4 is 5.97 Å². The van der Waals surface area contributed by atoms with Crippen molar-refractivity contribution in [3.05, 3.63) is 46.2 Å². The van der Waals surface area contributed by atoms with E-state index < -0.39 is 11.5 Å². The van der Waals surface area contributed by atoms with Crippen molar-refractivity contribution in [3.63, 3.8) is 0 Å². The third-order valence-electron chi connectivity index (χ3n) is 2.77.